The third-order valence-corrected chi connectivity index (χ3v) is 5.90. The Kier molecular flexibility index (Phi) is 3.96. The van der Waals surface area contributed by atoms with Crippen molar-refractivity contribution in [1.29, 1.82) is 0 Å². The van der Waals surface area contributed by atoms with Gasteiger partial charge in [-0.3, -0.25) is 9.10 Å². The number of para-hydroxylation sites is 2. The number of nitrogens with one attached hydrogen (secondary N) is 1. The molecule has 0 bridgehead atoms. The normalized spacial score (nSPS) is 14.1. The second kappa shape index (κ2) is 5.83. The monoisotopic (exact) mass is 346 g/mol. The second-order valence-corrected chi connectivity index (χ2v) is 7.50. The molecule has 3 rings (SSSR count). The lowest BCUT2D eigenvalue weighted by Crippen LogP contribution is -2.42. The summed E-state index contributed by atoms with van der Waals surface area (Å²) in [7, 11) is -2.33. The molecule has 2 aromatic carbocycles. The zero-order valence-electron chi connectivity index (χ0n) is 13.7. The zero-order valence-corrected chi connectivity index (χ0v) is 14.5. The van der Waals surface area contributed by atoms with Crippen molar-refractivity contribution in [3.63, 3.8) is 0 Å². The Bertz CT molecular complexity index is 922. The Balaban J connectivity index is 2.16. The van der Waals surface area contributed by atoms with Crippen molar-refractivity contribution in [2.24, 2.45) is 0 Å². The highest BCUT2D eigenvalue weighted by atomic mass is 32.2. The van der Waals surface area contributed by atoms with Crippen molar-refractivity contribution in [2.45, 2.75) is 18.7 Å². The molecule has 1 N–H and O–H groups in total. The van der Waals surface area contributed by atoms with E-state index in [1.165, 1.54) is 0 Å². The van der Waals surface area contributed by atoms with Gasteiger partial charge in [-0.25, -0.2) is 8.42 Å². The van der Waals surface area contributed by atoms with Crippen LogP contribution in [0.25, 0.3) is 0 Å². The van der Waals surface area contributed by atoms with Crippen LogP contribution in [0.5, 0.6) is 5.75 Å². The van der Waals surface area contributed by atoms with Gasteiger partial charge in [0.05, 0.1) is 23.4 Å². The summed E-state index contributed by atoms with van der Waals surface area (Å²) in [5.74, 6) is 0.267. The van der Waals surface area contributed by atoms with Crippen LogP contribution in [0.2, 0.25) is 0 Å². The van der Waals surface area contributed by atoms with Crippen LogP contribution in [-0.2, 0) is 14.8 Å². The van der Waals surface area contributed by atoms with Gasteiger partial charge in [0.1, 0.15) is 12.3 Å². The molecule has 0 aliphatic carbocycles. The predicted octanol–water partition coefficient (Wildman–Crippen LogP) is 2.46. The molecule has 0 aromatic heterocycles. The molecule has 1 heterocycles. The molecule has 0 atom stereocenters. The fraction of sp³-hybridized carbons (Fsp3) is 0.235. The van der Waals surface area contributed by atoms with Crippen LogP contribution in [0.4, 0.5) is 11.4 Å². The van der Waals surface area contributed by atoms with Crippen molar-refractivity contribution >= 4 is 27.3 Å². The fourth-order valence-electron chi connectivity index (χ4n) is 2.80. The van der Waals surface area contributed by atoms with Crippen LogP contribution in [0.3, 0.4) is 0 Å². The first-order valence-corrected chi connectivity index (χ1v) is 8.85. The summed E-state index contributed by atoms with van der Waals surface area (Å²) < 4.78 is 32.7. The molecule has 0 saturated heterocycles. The van der Waals surface area contributed by atoms with Gasteiger partial charge in [0.15, 0.2) is 0 Å². The summed E-state index contributed by atoms with van der Waals surface area (Å²) in [6.07, 6.45) is 0. The Hall–Kier alpha value is -2.54. The number of carbonyl (C=O) groups excluding carboxylic acids is 1. The number of rotatable bonds is 3. The molecule has 1 aliphatic heterocycles. The smallest absolute Gasteiger partial charge is 0.265 e. The summed E-state index contributed by atoms with van der Waals surface area (Å²) in [5, 5.41) is 2.69. The molecule has 0 fully saturated rings. The first-order valence-electron chi connectivity index (χ1n) is 7.41. The number of carbonyl (C=O) groups is 1. The van der Waals surface area contributed by atoms with Gasteiger partial charge in [-0.2, -0.15) is 0 Å². The van der Waals surface area contributed by atoms with E-state index >= 15 is 0 Å². The molecule has 0 saturated carbocycles. The lowest BCUT2D eigenvalue weighted by Gasteiger charge is -2.30. The number of fused-ring (bicyclic) bond motifs is 1. The topological polar surface area (TPSA) is 75.7 Å². The van der Waals surface area contributed by atoms with Crippen molar-refractivity contribution in [1.82, 2.24) is 0 Å². The first kappa shape index (κ1) is 16.3. The summed E-state index contributed by atoms with van der Waals surface area (Å²) in [6, 6.07) is 10.1. The minimum absolute atomic E-state index is 0.172. The Labute approximate surface area is 141 Å². The number of anilines is 2. The van der Waals surface area contributed by atoms with E-state index in [1.807, 2.05) is 0 Å². The minimum atomic E-state index is -3.87. The van der Waals surface area contributed by atoms with Crippen LogP contribution in [-0.4, -0.2) is 28.0 Å². The van der Waals surface area contributed by atoms with E-state index in [9.17, 15) is 13.2 Å². The third kappa shape index (κ3) is 2.60. The van der Waals surface area contributed by atoms with E-state index < -0.39 is 10.0 Å². The van der Waals surface area contributed by atoms with Gasteiger partial charge in [0, 0.05) is 0 Å². The van der Waals surface area contributed by atoms with Gasteiger partial charge in [-0.15, -0.1) is 0 Å². The van der Waals surface area contributed by atoms with Crippen LogP contribution in [0.1, 0.15) is 11.1 Å². The Morgan fingerprint density at radius 2 is 1.83 bits per heavy atom. The van der Waals surface area contributed by atoms with Crippen molar-refractivity contribution in [2.75, 3.05) is 23.3 Å². The van der Waals surface area contributed by atoms with Crippen LogP contribution in [0.15, 0.2) is 41.3 Å². The number of ether oxygens (including phenoxy) is 1. The first-order chi connectivity index (χ1) is 11.3. The Morgan fingerprint density at radius 3 is 2.54 bits per heavy atom. The highest BCUT2D eigenvalue weighted by Gasteiger charge is 2.33. The average Bonchev–Trinajstić information content (AvgIpc) is 2.55. The average molecular weight is 346 g/mol. The van der Waals surface area contributed by atoms with E-state index in [0.717, 1.165) is 9.87 Å². The molecule has 0 unspecified atom stereocenters. The molecule has 2 aromatic rings. The van der Waals surface area contributed by atoms with E-state index in [1.54, 1.807) is 57.4 Å². The molecule has 0 radical (unpaired) electrons. The van der Waals surface area contributed by atoms with Gasteiger partial charge in [0.25, 0.3) is 10.0 Å². The summed E-state index contributed by atoms with van der Waals surface area (Å²) in [6.45, 7) is 3.25. The molecule has 7 heteroatoms. The number of benzene rings is 2. The maximum absolute atomic E-state index is 13.2. The van der Waals surface area contributed by atoms with Crippen molar-refractivity contribution < 1.29 is 17.9 Å². The summed E-state index contributed by atoms with van der Waals surface area (Å²) in [4.78, 5) is 12.1. The molecule has 6 nitrogen and oxygen atoms in total. The van der Waals surface area contributed by atoms with Crippen LogP contribution < -0.4 is 14.4 Å². The molecule has 0 spiro atoms. The van der Waals surface area contributed by atoms with Gasteiger partial charge in [-0.1, -0.05) is 12.1 Å². The molecular weight excluding hydrogens is 328 g/mol. The SMILES string of the molecule is COc1cc(C)c(S(=O)(=O)N2CC(=O)Nc3ccccc32)cc1C. The quantitative estimate of drug-likeness (QED) is 0.926. The highest BCUT2D eigenvalue weighted by Crippen LogP contribution is 2.35. The van der Waals surface area contributed by atoms with Crippen LogP contribution in [0, 0.1) is 13.8 Å². The number of methoxy groups -OCH3 is 1. The summed E-state index contributed by atoms with van der Waals surface area (Å²) in [5.41, 5.74) is 2.24. The maximum atomic E-state index is 13.2. The molecule has 24 heavy (non-hydrogen) atoms. The fourth-order valence-corrected chi connectivity index (χ4v) is 4.53. The molecule has 1 amide bonds. The maximum Gasteiger partial charge on any atom is 0.265 e. The predicted molar refractivity (Wildman–Crippen MR) is 92.1 cm³/mol. The lowest BCUT2D eigenvalue weighted by molar-refractivity contribution is -0.115. The van der Waals surface area contributed by atoms with Crippen molar-refractivity contribution in [3.8, 4) is 5.75 Å². The van der Waals surface area contributed by atoms with Gasteiger partial charge >= 0.3 is 0 Å². The zero-order chi connectivity index (χ0) is 17.5. The standard InChI is InChI=1S/C17H18N2O4S/c1-11-9-16(12(2)8-15(11)23-3)24(21,22)19-10-17(20)18-13-6-4-5-7-14(13)19/h4-9H,10H2,1-3H3,(H,18,20). The van der Waals surface area contributed by atoms with E-state index in [4.69, 9.17) is 4.74 Å². The van der Waals surface area contributed by atoms with Gasteiger partial charge in [0.2, 0.25) is 5.91 Å². The third-order valence-electron chi connectivity index (χ3n) is 3.99. The molecule has 1 aliphatic rings. The number of amides is 1. The second-order valence-electron chi connectivity index (χ2n) is 5.66. The largest absolute Gasteiger partial charge is 0.496 e. The van der Waals surface area contributed by atoms with Crippen LogP contribution >= 0.6 is 0 Å². The number of nitrogens with zero attached hydrogens (tertiary/aromatic N) is 1. The number of hydrogen-bond acceptors (Lipinski definition) is 4. The Morgan fingerprint density at radius 1 is 1.12 bits per heavy atom. The highest BCUT2D eigenvalue weighted by molar-refractivity contribution is 7.93. The number of sulfonamides is 1. The molecule has 126 valence electrons. The van der Waals surface area contributed by atoms with E-state index in [-0.39, 0.29) is 17.3 Å². The van der Waals surface area contributed by atoms with E-state index in [2.05, 4.69) is 5.32 Å². The van der Waals surface area contributed by atoms with Gasteiger partial charge in [-0.05, 0) is 49.2 Å². The van der Waals surface area contributed by atoms with Crippen molar-refractivity contribution in [3.05, 3.63) is 47.5 Å². The lowest BCUT2D eigenvalue weighted by atomic mass is 10.1. The number of hydrogen-bond donors (Lipinski definition) is 1. The van der Waals surface area contributed by atoms with Gasteiger partial charge < -0.3 is 10.1 Å². The summed E-state index contributed by atoms with van der Waals surface area (Å²) >= 11 is 0. The molecular formula is C17H18N2O4S. The number of aryl methyl sites for hydroxylation is 2. The minimum Gasteiger partial charge on any atom is -0.496 e. The van der Waals surface area contributed by atoms with E-state index in [0.29, 0.717) is 22.7 Å².